The maximum Gasteiger partial charge on any atom is 0.165 e. The van der Waals surface area contributed by atoms with Crippen LogP contribution in [0.25, 0.3) is 0 Å². The quantitative estimate of drug-likeness (QED) is 0.759. The van der Waals surface area contributed by atoms with E-state index in [0.717, 1.165) is 19.4 Å². The first-order valence-corrected chi connectivity index (χ1v) is 6.21. The number of unbranched alkanes of at least 4 members (excludes halogenated alkanes) is 1. The molecule has 2 nitrogen and oxygen atoms in total. The van der Waals surface area contributed by atoms with E-state index in [9.17, 15) is 4.39 Å². The Labute approximate surface area is 103 Å². The van der Waals surface area contributed by atoms with Gasteiger partial charge in [-0.2, -0.15) is 0 Å². The molecule has 0 aliphatic heterocycles. The molecule has 1 rings (SSSR count). The Morgan fingerprint density at radius 1 is 1.18 bits per heavy atom. The van der Waals surface area contributed by atoms with Crippen LogP contribution in [0.15, 0.2) is 24.3 Å². The molecule has 0 amide bonds. The first-order valence-electron chi connectivity index (χ1n) is 6.21. The third kappa shape index (κ3) is 6.27. The highest BCUT2D eigenvalue weighted by Gasteiger charge is 2.11. The lowest BCUT2D eigenvalue weighted by atomic mass is 10.1. The van der Waals surface area contributed by atoms with Crippen molar-refractivity contribution < 1.29 is 14.4 Å². The molecule has 17 heavy (non-hydrogen) atoms. The van der Waals surface area contributed by atoms with Crippen molar-refractivity contribution in [3.63, 3.8) is 0 Å². The summed E-state index contributed by atoms with van der Waals surface area (Å²) in [6.45, 7) is 8.26. The zero-order chi connectivity index (χ0) is 12.7. The van der Waals surface area contributed by atoms with Gasteiger partial charge in [-0.25, -0.2) is 4.39 Å². The average Bonchev–Trinajstić information content (AvgIpc) is 2.24. The molecule has 0 saturated heterocycles. The molecule has 96 valence electrons. The fraction of sp³-hybridized carbons (Fsp3) is 0.571. The van der Waals surface area contributed by atoms with Crippen molar-refractivity contribution in [3.05, 3.63) is 30.1 Å². The predicted molar refractivity (Wildman–Crippen MR) is 67.7 cm³/mol. The van der Waals surface area contributed by atoms with Gasteiger partial charge in [0, 0.05) is 0 Å². The van der Waals surface area contributed by atoms with Crippen LogP contribution < -0.4 is 10.1 Å². The Hall–Kier alpha value is -1.09. The van der Waals surface area contributed by atoms with Crippen LogP contribution in [0.1, 0.15) is 33.6 Å². The minimum absolute atomic E-state index is 0.284. The highest BCUT2D eigenvalue weighted by atomic mass is 19.1. The maximum absolute atomic E-state index is 13.2. The van der Waals surface area contributed by atoms with E-state index < -0.39 is 0 Å². The van der Waals surface area contributed by atoms with E-state index in [1.54, 1.807) is 18.2 Å². The summed E-state index contributed by atoms with van der Waals surface area (Å²) in [7, 11) is 0. The molecule has 0 aromatic heterocycles. The zero-order valence-electron chi connectivity index (χ0n) is 11.0. The summed E-state index contributed by atoms with van der Waals surface area (Å²) in [4.78, 5) is 0. The minimum atomic E-state index is -0.284. The Morgan fingerprint density at radius 3 is 2.53 bits per heavy atom. The molecule has 0 atom stereocenters. The average molecular weight is 240 g/mol. The molecule has 0 radical (unpaired) electrons. The van der Waals surface area contributed by atoms with Crippen molar-refractivity contribution in [1.29, 1.82) is 0 Å². The molecule has 0 bridgehead atoms. The number of rotatable bonds is 6. The molecule has 0 heterocycles. The molecule has 0 aliphatic rings. The van der Waals surface area contributed by atoms with E-state index in [4.69, 9.17) is 4.74 Å². The van der Waals surface area contributed by atoms with E-state index >= 15 is 0 Å². The van der Waals surface area contributed by atoms with Gasteiger partial charge in [0.15, 0.2) is 11.6 Å². The van der Waals surface area contributed by atoms with Crippen LogP contribution in [-0.4, -0.2) is 18.7 Å². The first-order chi connectivity index (χ1) is 7.99. The van der Waals surface area contributed by atoms with E-state index in [-0.39, 0.29) is 11.4 Å². The number of quaternary nitrogens is 1. The smallest absolute Gasteiger partial charge is 0.165 e. The minimum Gasteiger partial charge on any atom is -0.491 e. The van der Waals surface area contributed by atoms with Crippen LogP contribution in [0.3, 0.4) is 0 Å². The third-order valence-electron chi connectivity index (χ3n) is 2.45. The standard InChI is InChI=1S/C14H22FNO/c1-14(2,3)16-10-6-7-11-17-13-9-5-4-8-12(13)15/h4-5,8-9,16H,6-7,10-11H2,1-3H3/p+1. The SMILES string of the molecule is CC(C)(C)[NH2+]CCCCOc1ccccc1F. The summed E-state index contributed by atoms with van der Waals surface area (Å²) in [6.07, 6.45) is 2.05. The summed E-state index contributed by atoms with van der Waals surface area (Å²) >= 11 is 0. The van der Waals surface area contributed by atoms with Gasteiger partial charge in [0.1, 0.15) is 0 Å². The molecule has 0 unspecified atom stereocenters. The van der Waals surface area contributed by atoms with Gasteiger partial charge in [0.25, 0.3) is 0 Å². The molecule has 1 aromatic rings. The summed E-state index contributed by atoms with van der Waals surface area (Å²) < 4.78 is 18.6. The van der Waals surface area contributed by atoms with Crippen LogP contribution in [0.2, 0.25) is 0 Å². The summed E-state index contributed by atoms with van der Waals surface area (Å²) in [5.41, 5.74) is 0.284. The van der Waals surface area contributed by atoms with Crippen LogP contribution in [0.4, 0.5) is 4.39 Å². The number of para-hydroxylation sites is 1. The maximum atomic E-state index is 13.2. The Morgan fingerprint density at radius 2 is 1.88 bits per heavy atom. The van der Waals surface area contributed by atoms with Crippen molar-refractivity contribution in [2.45, 2.75) is 39.2 Å². The number of hydrogen-bond acceptors (Lipinski definition) is 1. The van der Waals surface area contributed by atoms with E-state index in [1.165, 1.54) is 6.07 Å². The lowest BCUT2D eigenvalue weighted by Gasteiger charge is -2.16. The van der Waals surface area contributed by atoms with Crippen LogP contribution >= 0.6 is 0 Å². The van der Waals surface area contributed by atoms with Crippen LogP contribution in [-0.2, 0) is 0 Å². The van der Waals surface area contributed by atoms with Crippen molar-refractivity contribution >= 4 is 0 Å². The molecule has 0 aliphatic carbocycles. The number of benzene rings is 1. The number of ether oxygens (including phenoxy) is 1. The van der Waals surface area contributed by atoms with Gasteiger partial charge >= 0.3 is 0 Å². The number of hydrogen-bond donors (Lipinski definition) is 1. The van der Waals surface area contributed by atoms with Gasteiger partial charge in [0.2, 0.25) is 0 Å². The molecule has 2 N–H and O–H groups in total. The van der Waals surface area contributed by atoms with Gasteiger partial charge in [-0.15, -0.1) is 0 Å². The fourth-order valence-corrected chi connectivity index (χ4v) is 1.53. The molecule has 0 saturated carbocycles. The zero-order valence-corrected chi connectivity index (χ0v) is 11.0. The molecular weight excluding hydrogens is 217 g/mol. The summed E-state index contributed by atoms with van der Waals surface area (Å²) in [5, 5.41) is 2.32. The normalized spacial score (nSPS) is 11.5. The fourth-order valence-electron chi connectivity index (χ4n) is 1.53. The van der Waals surface area contributed by atoms with Crippen molar-refractivity contribution in [2.24, 2.45) is 0 Å². The molecule has 1 aromatic carbocycles. The highest BCUT2D eigenvalue weighted by molar-refractivity contribution is 5.23. The van der Waals surface area contributed by atoms with Crippen molar-refractivity contribution in [1.82, 2.24) is 0 Å². The van der Waals surface area contributed by atoms with Crippen molar-refractivity contribution in [2.75, 3.05) is 13.2 Å². The lowest BCUT2D eigenvalue weighted by molar-refractivity contribution is -0.717. The number of halogens is 1. The predicted octanol–water partition coefficient (Wildman–Crippen LogP) is 2.35. The number of nitrogens with two attached hydrogens (primary N) is 1. The van der Waals surface area contributed by atoms with Gasteiger partial charge in [0.05, 0.1) is 18.7 Å². The van der Waals surface area contributed by atoms with Gasteiger partial charge in [-0.1, -0.05) is 12.1 Å². The molecule has 0 fully saturated rings. The second-order valence-corrected chi connectivity index (χ2v) is 5.34. The van der Waals surface area contributed by atoms with E-state index in [0.29, 0.717) is 12.4 Å². The van der Waals surface area contributed by atoms with Gasteiger partial charge < -0.3 is 10.1 Å². The highest BCUT2D eigenvalue weighted by Crippen LogP contribution is 2.15. The van der Waals surface area contributed by atoms with Crippen LogP contribution in [0, 0.1) is 5.82 Å². The lowest BCUT2D eigenvalue weighted by Crippen LogP contribution is -2.94. The van der Waals surface area contributed by atoms with E-state index in [1.807, 2.05) is 0 Å². The molecule has 3 heteroatoms. The second-order valence-electron chi connectivity index (χ2n) is 5.34. The van der Waals surface area contributed by atoms with Gasteiger partial charge in [-0.3, -0.25) is 0 Å². The van der Waals surface area contributed by atoms with E-state index in [2.05, 4.69) is 26.1 Å². The van der Waals surface area contributed by atoms with Crippen LogP contribution in [0.5, 0.6) is 5.75 Å². The summed E-state index contributed by atoms with van der Waals surface area (Å²) in [6, 6.07) is 6.53. The summed E-state index contributed by atoms with van der Waals surface area (Å²) in [5.74, 6) is 0.0704. The second kappa shape index (κ2) is 6.60. The first kappa shape index (κ1) is 14.0. The molecule has 0 spiro atoms. The Balaban J connectivity index is 2.11. The third-order valence-corrected chi connectivity index (χ3v) is 2.45. The largest absolute Gasteiger partial charge is 0.491 e. The Kier molecular flexibility index (Phi) is 5.42. The van der Waals surface area contributed by atoms with Gasteiger partial charge in [-0.05, 0) is 45.7 Å². The topological polar surface area (TPSA) is 25.8 Å². The Bertz CT molecular complexity index is 333. The monoisotopic (exact) mass is 240 g/mol. The van der Waals surface area contributed by atoms with Crippen molar-refractivity contribution in [3.8, 4) is 5.75 Å². The molecular formula is C14H23FNO+.